The predicted octanol–water partition coefficient (Wildman–Crippen LogP) is 3.66. The SMILES string of the molecule is CCNCc1cccc(NC(=O)c2n[nH]c(C(C)C)c2Br)c1. The van der Waals surface area contributed by atoms with E-state index >= 15 is 0 Å². The highest BCUT2D eigenvalue weighted by molar-refractivity contribution is 9.10. The number of aromatic amines is 1. The van der Waals surface area contributed by atoms with Gasteiger partial charge in [-0.1, -0.05) is 32.9 Å². The fourth-order valence-electron chi connectivity index (χ4n) is 2.09. The summed E-state index contributed by atoms with van der Waals surface area (Å²) in [6.45, 7) is 7.85. The summed E-state index contributed by atoms with van der Waals surface area (Å²) in [6.07, 6.45) is 0. The molecule has 1 heterocycles. The monoisotopic (exact) mass is 364 g/mol. The summed E-state index contributed by atoms with van der Waals surface area (Å²) >= 11 is 3.45. The molecule has 0 aliphatic rings. The second-order valence-corrected chi connectivity index (χ2v) is 6.18. The minimum Gasteiger partial charge on any atom is -0.321 e. The smallest absolute Gasteiger partial charge is 0.277 e. The molecule has 0 spiro atoms. The highest BCUT2D eigenvalue weighted by Gasteiger charge is 2.19. The van der Waals surface area contributed by atoms with Crippen LogP contribution in [-0.4, -0.2) is 22.6 Å². The van der Waals surface area contributed by atoms with E-state index in [9.17, 15) is 4.79 Å². The van der Waals surface area contributed by atoms with Gasteiger partial charge in [0.1, 0.15) is 0 Å². The molecule has 0 aliphatic heterocycles. The van der Waals surface area contributed by atoms with Gasteiger partial charge in [0.25, 0.3) is 5.91 Å². The lowest BCUT2D eigenvalue weighted by Gasteiger charge is -2.07. The normalized spacial score (nSPS) is 11.0. The molecule has 0 saturated heterocycles. The van der Waals surface area contributed by atoms with E-state index in [-0.39, 0.29) is 11.8 Å². The third kappa shape index (κ3) is 3.96. The van der Waals surface area contributed by atoms with Crippen molar-refractivity contribution in [3.63, 3.8) is 0 Å². The Morgan fingerprint density at radius 1 is 1.41 bits per heavy atom. The quantitative estimate of drug-likeness (QED) is 0.732. The number of rotatable bonds is 6. The number of amides is 1. The Labute approximate surface area is 139 Å². The van der Waals surface area contributed by atoms with Gasteiger partial charge < -0.3 is 10.6 Å². The molecule has 118 valence electrons. The number of nitrogens with one attached hydrogen (secondary N) is 3. The lowest BCUT2D eigenvalue weighted by molar-refractivity contribution is 0.102. The van der Waals surface area contributed by atoms with Gasteiger partial charge in [-0.25, -0.2) is 0 Å². The van der Waals surface area contributed by atoms with Crippen LogP contribution in [0.2, 0.25) is 0 Å². The molecule has 1 amide bonds. The number of anilines is 1. The Balaban J connectivity index is 2.12. The molecule has 1 aromatic heterocycles. The Bertz CT molecular complexity index is 651. The van der Waals surface area contributed by atoms with Crippen LogP contribution in [0.4, 0.5) is 5.69 Å². The summed E-state index contributed by atoms with van der Waals surface area (Å²) < 4.78 is 0.726. The third-order valence-electron chi connectivity index (χ3n) is 3.29. The minimum atomic E-state index is -0.226. The van der Waals surface area contributed by atoms with Crippen LogP contribution in [0.5, 0.6) is 0 Å². The number of halogens is 1. The fraction of sp³-hybridized carbons (Fsp3) is 0.375. The van der Waals surface area contributed by atoms with Crippen LogP contribution in [0.1, 0.15) is 48.4 Å². The van der Waals surface area contributed by atoms with Crippen molar-refractivity contribution in [3.8, 4) is 0 Å². The first-order valence-electron chi connectivity index (χ1n) is 7.37. The van der Waals surface area contributed by atoms with E-state index in [1.807, 2.05) is 38.1 Å². The number of carbonyl (C=O) groups excluding carboxylic acids is 1. The lowest BCUT2D eigenvalue weighted by Crippen LogP contribution is -2.14. The van der Waals surface area contributed by atoms with Crippen LogP contribution in [0.25, 0.3) is 0 Å². The van der Waals surface area contributed by atoms with Gasteiger partial charge in [-0.2, -0.15) is 5.10 Å². The Morgan fingerprint density at radius 2 is 2.18 bits per heavy atom. The van der Waals surface area contributed by atoms with E-state index in [0.29, 0.717) is 5.69 Å². The molecule has 22 heavy (non-hydrogen) atoms. The maximum Gasteiger partial charge on any atom is 0.277 e. The highest BCUT2D eigenvalue weighted by atomic mass is 79.9. The molecular formula is C16H21BrN4O. The van der Waals surface area contributed by atoms with Gasteiger partial charge in [-0.05, 0) is 46.1 Å². The molecule has 0 aliphatic carbocycles. The Morgan fingerprint density at radius 3 is 2.82 bits per heavy atom. The third-order valence-corrected chi connectivity index (χ3v) is 4.09. The molecule has 0 fully saturated rings. The van der Waals surface area contributed by atoms with Crippen molar-refractivity contribution in [2.24, 2.45) is 0 Å². The lowest BCUT2D eigenvalue weighted by atomic mass is 10.1. The fourth-order valence-corrected chi connectivity index (χ4v) is 2.91. The average Bonchev–Trinajstić information content (AvgIpc) is 2.87. The Kier molecular flexibility index (Phi) is 5.74. The topological polar surface area (TPSA) is 69.8 Å². The molecule has 1 aromatic carbocycles. The maximum atomic E-state index is 12.4. The second kappa shape index (κ2) is 7.56. The van der Waals surface area contributed by atoms with Gasteiger partial charge in [-0.3, -0.25) is 9.89 Å². The molecule has 0 radical (unpaired) electrons. The van der Waals surface area contributed by atoms with Gasteiger partial charge in [0.2, 0.25) is 0 Å². The summed E-state index contributed by atoms with van der Waals surface area (Å²) in [5.74, 6) is 0.0440. The van der Waals surface area contributed by atoms with E-state index in [1.54, 1.807) is 0 Å². The zero-order chi connectivity index (χ0) is 16.1. The molecule has 6 heteroatoms. The van der Waals surface area contributed by atoms with Gasteiger partial charge in [0, 0.05) is 12.2 Å². The average molecular weight is 365 g/mol. The van der Waals surface area contributed by atoms with E-state index in [2.05, 4.69) is 43.7 Å². The van der Waals surface area contributed by atoms with Crippen molar-refractivity contribution in [1.29, 1.82) is 0 Å². The van der Waals surface area contributed by atoms with Crippen molar-refractivity contribution in [3.05, 3.63) is 45.7 Å². The minimum absolute atomic E-state index is 0.226. The molecule has 0 atom stereocenters. The van der Waals surface area contributed by atoms with Gasteiger partial charge in [0.05, 0.1) is 10.2 Å². The zero-order valence-electron chi connectivity index (χ0n) is 13.0. The van der Waals surface area contributed by atoms with E-state index < -0.39 is 0 Å². The first-order valence-corrected chi connectivity index (χ1v) is 8.17. The van der Waals surface area contributed by atoms with Gasteiger partial charge >= 0.3 is 0 Å². The molecule has 2 rings (SSSR count). The van der Waals surface area contributed by atoms with Crippen molar-refractivity contribution in [2.45, 2.75) is 33.2 Å². The molecule has 0 saturated carbocycles. The standard InChI is InChI=1S/C16H21BrN4O/c1-4-18-9-11-6-5-7-12(8-11)19-16(22)15-13(17)14(10(2)3)20-21-15/h5-8,10,18H,4,9H2,1-3H3,(H,19,22)(H,20,21). The van der Waals surface area contributed by atoms with Crippen LogP contribution >= 0.6 is 15.9 Å². The summed E-state index contributed by atoms with van der Waals surface area (Å²) in [5, 5.41) is 13.2. The predicted molar refractivity (Wildman–Crippen MR) is 92.2 cm³/mol. The van der Waals surface area contributed by atoms with Crippen LogP contribution < -0.4 is 10.6 Å². The molecule has 5 nitrogen and oxygen atoms in total. The van der Waals surface area contributed by atoms with Crippen molar-refractivity contribution in [2.75, 3.05) is 11.9 Å². The highest BCUT2D eigenvalue weighted by Crippen LogP contribution is 2.26. The van der Waals surface area contributed by atoms with Crippen LogP contribution in [0.3, 0.4) is 0 Å². The largest absolute Gasteiger partial charge is 0.321 e. The number of aromatic nitrogens is 2. The van der Waals surface area contributed by atoms with Crippen LogP contribution in [0, 0.1) is 0 Å². The van der Waals surface area contributed by atoms with Crippen LogP contribution in [0.15, 0.2) is 28.7 Å². The number of nitrogens with zero attached hydrogens (tertiary/aromatic N) is 1. The van der Waals surface area contributed by atoms with E-state index in [0.717, 1.165) is 34.5 Å². The maximum absolute atomic E-state index is 12.4. The van der Waals surface area contributed by atoms with Gasteiger partial charge in [-0.15, -0.1) is 0 Å². The number of hydrogen-bond donors (Lipinski definition) is 3. The molecule has 0 unspecified atom stereocenters. The summed E-state index contributed by atoms with van der Waals surface area (Å²) in [7, 11) is 0. The molecule has 0 bridgehead atoms. The first kappa shape index (κ1) is 16.7. The molecular weight excluding hydrogens is 344 g/mol. The number of H-pyrrole nitrogens is 1. The number of hydrogen-bond acceptors (Lipinski definition) is 3. The number of carbonyl (C=O) groups is 1. The zero-order valence-corrected chi connectivity index (χ0v) is 14.6. The van der Waals surface area contributed by atoms with Crippen molar-refractivity contribution >= 4 is 27.5 Å². The Hall–Kier alpha value is -1.66. The van der Waals surface area contributed by atoms with Crippen molar-refractivity contribution in [1.82, 2.24) is 15.5 Å². The number of benzene rings is 1. The molecule has 2 aromatic rings. The summed E-state index contributed by atoms with van der Waals surface area (Å²) in [4.78, 5) is 12.4. The van der Waals surface area contributed by atoms with Gasteiger partial charge in [0.15, 0.2) is 5.69 Å². The first-order chi connectivity index (χ1) is 10.5. The van der Waals surface area contributed by atoms with E-state index in [4.69, 9.17) is 0 Å². The summed E-state index contributed by atoms with van der Waals surface area (Å²) in [5.41, 5.74) is 3.19. The van der Waals surface area contributed by atoms with Crippen LogP contribution in [-0.2, 0) is 6.54 Å². The van der Waals surface area contributed by atoms with Crippen molar-refractivity contribution < 1.29 is 4.79 Å². The summed E-state index contributed by atoms with van der Waals surface area (Å²) in [6, 6.07) is 7.79. The molecule has 3 N–H and O–H groups in total. The van der Waals surface area contributed by atoms with E-state index in [1.165, 1.54) is 0 Å². The second-order valence-electron chi connectivity index (χ2n) is 5.39.